The van der Waals surface area contributed by atoms with Gasteiger partial charge >= 0.3 is 0 Å². The Hall–Kier alpha value is -2.77. The van der Waals surface area contributed by atoms with Crippen molar-refractivity contribution in [3.05, 3.63) is 52.4 Å². The standard InChI is InChI=1S/C20H20ClN3O3S/c1-4-27-19-16(21)9-13(10-18(19)26-3)11-22-24-20-23-17(12-28-20)14-5-7-15(25-2)8-6-14/h5-12H,4H2,1-3H3,(H,23,24)/b22-11-. The molecular formula is C20H20ClN3O3S. The molecule has 0 unspecified atom stereocenters. The molecule has 3 rings (SSSR count). The Morgan fingerprint density at radius 3 is 2.64 bits per heavy atom. The molecule has 8 heteroatoms. The quantitative estimate of drug-likeness (QED) is 0.396. The zero-order chi connectivity index (χ0) is 19.9. The fourth-order valence-electron chi connectivity index (χ4n) is 2.48. The lowest BCUT2D eigenvalue weighted by molar-refractivity contribution is 0.311. The Balaban J connectivity index is 1.69. The fraction of sp³-hybridized carbons (Fsp3) is 0.200. The summed E-state index contributed by atoms with van der Waals surface area (Å²) in [6, 6.07) is 11.3. The molecule has 0 saturated heterocycles. The summed E-state index contributed by atoms with van der Waals surface area (Å²) in [5, 5.41) is 7.36. The topological polar surface area (TPSA) is 65.0 Å². The van der Waals surface area contributed by atoms with Crippen LogP contribution in [-0.4, -0.2) is 32.0 Å². The van der Waals surface area contributed by atoms with Crippen LogP contribution in [-0.2, 0) is 0 Å². The maximum absolute atomic E-state index is 6.27. The Kier molecular flexibility index (Phi) is 6.73. The Labute approximate surface area is 172 Å². The van der Waals surface area contributed by atoms with Crippen LogP contribution in [0.25, 0.3) is 11.3 Å². The molecular weight excluding hydrogens is 398 g/mol. The highest BCUT2D eigenvalue weighted by Crippen LogP contribution is 2.36. The number of hydrogen-bond acceptors (Lipinski definition) is 7. The third-order valence-electron chi connectivity index (χ3n) is 3.80. The van der Waals surface area contributed by atoms with Crippen LogP contribution in [0.4, 0.5) is 5.13 Å². The van der Waals surface area contributed by atoms with Crippen molar-refractivity contribution in [3.63, 3.8) is 0 Å². The van der Waals surface area contributed by atoms with Crippen molar-refractivity contribution < 1.29 is 14.2 Å². The van der Waals surface area contributed by atoms with E-state index in [1.54, 1.807) is 26.5 Å². The second-order valence-corrected chi connectivity index (χ2v) is 6.87. The van der Waals surface area contributed by atoms with Gasteiger partial charge in [0.05, 0.1) is 37.8 Å². The summed E-state index contributed by atoms with van der Waals surface area (Å²) in [5.74, 6) is 1.90. The van der Waals surface area contributed by atoms with Gasteiger partial charge in [-0.2, -0.15) is 5.10 Å². The van der Waals surface area contributed by atoms with Crippen LogP contribution >= 0.6 is 22.9 Å². The number of halogens is 1. The van der Waals surface area contributed by atoms with Crippen molar-refractivity contribution in [2.24, 2.45) is 5.10 Å². The number of rotatable bonds is 8. The van der Waals surface area contributed by atoms with Crippen molar-refractivity contribution in [1.82, 2.24) is 4.98 Å². The number of anilines is 1. The van der Waals surface area contributed by atoms with Gasteiger partial charge in [0.25, 0.3) is 0 Å². The van der Waals surface area contributed by atoms with Crippen molar-refractivity contribution in [2.75, 3.05) is 26.3 Å². The first kappa shape index (κ1) is 20.0. The summed E-state index contributed by atoms with van der Waals surface area (Å²) < 4.78 is 16.0. The molecule has 0 spiro atoms. The Morgan fingerprint density at radius 2 is 1.96 bits per heavy atom. The number of nitrogens with zero attached hydrogens (tertiary/aromatic N) is 2. The molecule has 0 bridgehead atoms. The van der Waals surface area contributed by atoms with E-state index < -0.39 is 0 Å². The molecule has 1 N–H and O–H groups in total. The Morgan fingerprint density at radius 1 is 1.18 bits per heavy atom. The van der Waals surface area contributed by atoms with Gasteiger partial charge < -0.3 is 14.2 Å². The number of thiazole rings is 1. The normalized spacial score (nSPS) is 10.9. The molecule has 1 aromatic heterocycles. The maximum Gasteiger partial charge on any atom is 0.203 e. The number of hydrogen-bond donors (Lipinski definition) is 1. The number of hydrazone groups is 1. The number of methoxy groups -OCH3 is 2. The largest absolute Gasteiger partial charge is 0.497 e. The predicted molar refractivity (Wildman–Crippen MR) is 114 cm³/mol. The van der Waals surface area contributed by atoms with Crippen molar-refractivity contribution in [2.45, 2.75) is 6.92 Å². The van der Waals surface area contributed by atoms with Crippen LogP contribution < -0.4 is 19.6 Å². The highest BCUT2D eigenvalue weighted by atomic mass is 35.5. The summed E-state index contributed by atoms with van der Waals surface area (Å²) in [6.45, 7) is 2.40. The number of aromatic nitrogens is 1. The lowest BCUT2D eigenvalue weighted by atomic mass is 10.2. The zero-order valence-corrected chi connectivity index (χ0v) is 17.3. The molecule has 2 aromatic carbocycles. The fourth-order valence-corrected chi connectivity index (χ4v) is 3.42. The monoisotopic (exact) mass is 417 g/mol. The molecule has 0 atom stereocenters. The summed E-state index contributed by atoms with van der Waals surface area (Å²) in [5.41, 5.74) is 5.60. The van der Waals surface area contributed by atoms with Crippen LogP contribution in [0.5, 0.6) is 17.2 Å². The second-order valence-electron chi connectivity index (χ2n) is 5.60. The van der Waals surface area contributed by atoms with E-state index in [0.29, 0.717) is 28.3 Å². The lowest BCUT2D eigenvalue weighted by Crippen LogP contribution is -1.98. The number of benzene rings is 2. The first-order valence-electron chi connectivity index (χ1n) is 8.54. The molecule has 0 aliphatic carbocycles. The maximum atomic E-state index is 6.27. The predicted octanol–water partition coefficient (Wildman–Crippen LogP) is 5.33. The molecule has 146 valence electrons. The number of nitrogens with one attached hydrogen (secondary N) is 1. The van der Waals surface area contributed by atoms with Crippen LogP contribution in [0.3, 0.4) is 0 Å². The van der Waals surface area contributed by atoms with Crippen LogP contribution in [0, 0.1) is 0 Å². The van der Waals surface area contributed by atoms with Gasteiger partial charge in [0.1, 0.15) is 5.75 Å². The minimum Gasteiger partial charge on any atom is -0.497 e. The smallest absolute Gasteiger partial charge is 0.203 e. The van der Waals surface area contributed by atoms with Crippen molar-refractivity contribution in [3.8, 4) is 28.5 Å². The van der Waals surface area contributed by atoms with E-state index in [1.165, 1.54) is 11.3 Å². The van der Waals surface area contributed by atoms with E-state index in [1.807, 2.05) is 42.6 Å². The SMILES string of the molecule is CCOc1c(Cl)cc(/C=N\Nc2nc(-c3ccc(OC)cc3)cs2)cc1OC. The summed E-state index contributed by atoms with van der Waals surface area (Å²) in [4.78, 5) is 4.54. The minimum absolute atomic E-state index is 0.471. The van der Waals surface area contributed by atoms with E-state index in [4.69, 9.17) is 25.8 Å². The molecule has 0 fully saturated rings. The molecule has 0 aliphatic rings. The van der Waals surface area contributed by atoms with Gasteiger partial charge in [0.15, 0.2) is 11.5 Å². The first-order chi connectivity index (χ1) is 13.6. The first-order valence-corrected chi connectivity index (χ1v) is 9.79. The average Bonchev–Trinajstić information content (AvgIpc) is 3.18. The van der Waals surface area contributed by atoms with Gasteiger partial charge in [-0.15, -0.1) is 11.3 Å². The van der Waals surface area contributed by atoms with Gasteiger partial charge in [-0.3, -0.25) is 5.43 Å². The van der Waals surface area contributed by atoms with Crippen molar-refractivity contribution in [1.29, 1.82) is 0 Å². The van der Waals surface area contributed by atoms with Crippen LogP contribution in [0.2, 0.25) is 5.02 Å². The van der Waals surface area contributed by atoms with Gasteiger partial charge in [-0.1, -0.05) is 11.6 Å². The molecule has 0 aliphatic heterocycles. The van der Waals surface area contributed by atoms with E-state index in [9.17, 15) is 0 Å². The van der Waals surface area contributed by atoms with E-state index in [2.05, 4.69) is 15.5 Å². The summed E-state index contributed by atoms with van der Waals surface area (Å²) >= 11 is 7.75. The van der Waals surface area contributed by atoms with Gasteiger partial charge in [-0.05, 0) is 48.9 Å². The second kappa shape index (κ2) is 9.43. The zero-order valence-electron chi connectivity index (χ0n) is 15.7. The van der Waals surface area contributed by atoms with Crippen LogP contribution in [0.15, 0.2) is 46.9 Å². The van der Waals surface area contributed by atoms with E-state index in [-0.39, 0.29) is 0 Å². The van der Waals surface area contributed by atoms with Crippen LogP contribution in [0.1, 0.15) is 12.5 Å². The molecule has 0 saturated carbocycles. The average molecular weight is 418 g/mol. The highest BCUT2D eigenvalue weighted by Gasteiger charge is 2.11. The van der Waals surface area contributed by atoms with Gasteiger partial charge in [0.2, 0.25) is 5.13 Å². The van der Waals surface area contributed by atoms with Gasteiger partial charge in [0, 0.05) is 10.9 Å². The van der Waals surface area contributed by atoms with E-state index in [0.717, 1.165) is 22.6 Å². The summed E-state index contributed by atoms with van der Waals surface area (Å²) in [6.07, 6.45) is 1.65. The molecule has 28 heavy (non-hydrogen) atoms. The molecule has 1 heterocycles. The minimum atomic E-state index is 0.471. The highest BCUT2D eigenvalue weighted by molar-refractivity contribution is 7.14. The Bertz CT molecular complexity index is 958. The third kappa shape index (κ3) is 4.74. The van der Waals surface area contributed by atoms with E-state index >= 15 is 0 Å². The molecule has 0 radical (unpaired) electrons. The summed E-state index contributed by atoms with van der Waals surface area (Å²) in [7, 11) is 3.22. The number of ether oxygens (including phenoxy) is 3. The molecule has 6 nitrogen and oxygen atoms in total. The van der Waals surface area contributed by atoms with Gasteiger partial charge in [-0.25, -0.2) is 4.98 Å². The molecule has 0 amide bonds. The lowest BCUT2D eigenvalue weighted by Gasteiger charge is -2.11. The molecule has 3 aromatic rings. The third-order valence-corrected chi connectivity index (χ3v) is 4.83. The van der Waals surface area contributed by atoms with Crippen molar-refractivity contribution >= 4 is 34.3 Å².